The first-order valence-corrected chi connectivity index (χ1v) is 13.9. The van der Waals surface area contributed by atoms with E-state index in [0.717, 1.165) is 24.2 Å². The van der Waals surface area contributed by atoms with Gasteiger partial charge in [0.25, 0.3) is 5.91 Å². The number of carbonyl (C=O) groups excluding carboxylic acids is 1. The Labute approximate surface area is 195 Å². The Hall–Kier alpha value is -2.64. The van der Waals surface area contributed by atoms with Crippen molar-refractivity contribution < 1.29 is 21.6 Å². The van der Waals surface area contributed by atoms with Crippen LogP contribution in [0.15, 0.2) is 69.9 Å². The Morgan fingerprint density at radius 3 is 2.30 bits per heavy atom. The largest absolute Gasteiger partial charge is 0.312 e. The molecule has 1 amide bonds. The molecule has 1 aliphatic rings. The van der Waals surface area contributed by atoms with E-state index in [-0.39, 0.29) is 15.4 Å². The van der Waals surface area contributed by atoms with Gasteiger partial charge in [0.05, 0.1) is 20.0 Å². The SMILES string of the molecule is C=CCn1c(=NC(=O)c2ccc(S(=O)(=O)N3CCCC3)cc2)sc2cc(S(N)(=O)=O)ccc21. The fourth-order valence-corrected chi connectivity index (χ4v) is 6.83. The van der Waals surface area contributed by atoms with Crippen LogP contribution >= 0.6 is 11.3 Å². The third-order valence-corrected chi connectivity index (χ3v) is 9.16. The van der Waals surface area contributed by atoms with Gasteiger partial charge in [0.1, 0.15) is 0 Å². The van der Waals surface area contributed by atoms with E-state index < -0.39 is 26.0 Å². The van der Waals surface area contributed by atoms with E-state index in [0.29, 0.717) is 34.7 Å². The van der Waals surface area contributed by atoms with Crippen molar-refractivity contribution >= 4 is 47.5 Å². The molecule has 0 spiro atoms. The van der Waals surface area contributed by atoms with E-state index >= 15 is 0 Å². The number of benzene rings is 2. The molecule has 2 aromatic carbocycles. The maximum absolute atomic E-state index is 12.8. The first-order chi connectivity index (χ1) is 15.6. The quantitative estimate of drug-likeness (QED) is 0.511. The highest BCUT2D eigenvalue weighted by Crippen LogP contribution is 2.23. The van der Waals surface area contributed by atoms with E-state index in [1.165, 1.54) is 40.7 Å². The van der Waals surface area contributed by atoms with Crippen LogP contribution in [0.1, 0.15) is 23.2 Å². The molecule has 174 valence electrons. The van der Waals surface area contributed by atoms with Crippen LogP contribution in [0.25, 0.3) is 10.2 Å². The number of rotatable bonds is 6. The lowest BCUT2D eigenvalue weighted by Gasteiger charge is -2.15. The average Bonchev–Trinajstić information content (AvgIpc) is 3.42. The average molecular weight is 507 g/mol. The van der Waals surface area contributed by atoms with Crippen molar-refractivity contribution in [1.29, 1.82) is 0 Å². The number of hydrogen-bond donors (Lipinski definition) is 1. The molecule has 1 aromatic heterocycles. The molecule has 1 saturated heterocycles. The summed E-state index contributed by atoms with van der Waals surface area (Å²) in [6.45, 7) is 5.08. The molecule has 3 aromatic rings. The van der Waals surface area contributed by atoms with Gasteiger partial charge in [-0.3, -0.25) is 4.79 Å². The molecule has 0 atom stereocenters. The number of fused-ring (bicyclic) bond motifs is 1. The zero-order chi connectivity index (χ0) is 23.8. The molecule has 0 bridgehead atoms. The Kier molecular flexibility index (Phi) is 6.38. The van der Waals surface area contributed by atoms with Crippen LogP contribution in [0.2, 0.25) is 0 Å². The number of nitrogens with two attached hydrogens (primary N) is 1. The van der Waals surface area contributed by atoms with Crippen molar-refractivity contribution in [2.24, 2.45) is 10.1 Å². The van der Waals surface area contributed by atoms with Gasteiger partial charge in [-0.15, -0.1) is 6.58 Å². The molecule has 0 radical (unpaired) electrons. The standard InChI is InChI=1S/C21H22N4O5S3/c1-2-11-25-18-10-9-17(32(22,27)28)14-19(18)31-21(25)23-20(26)15-5-7-16(8-6-15)33(29,30)24-12-3-4-13-24/h2,5-10,14H,1,3-4,11-13H2,(H2,22,27,28). The fraction of sp³-hybridized carbons (Fsp3) is 0.238. The Morgan fingerprint density at radius 2 is 1.70 bits per heavy atom. The number of primary sulfonamides is 1. The topological polar surface area (TPSA) is 132 Å². The highest BCUT2D eigenvalue weighted by molar-refractivity contribution is 7.89. The van der Waals surface area contributed by atoms with Gasteiger partial charge >= 0.3 is 0 Å². The van der Waals surface area contributed by atoms with Gasteiger partial charge in [-0.1, -0.05) is 17.4 Å². The molecule has 33 heavy (non-hydrogen) atoms. The van der Waals surface area contributed by atoms with E-state index in [4.69, 9.17) is 5.14 Å². The zero-order valence-electron chi connectivity index (χ0n) is 17.5. The van der Waals surface area contributed by atoms with E-state index in [9.17, 15) is 21.6 Å². The van der Waals surface area contributed by atoms with Gasteiger partial charge in [-0.25, -0.2) is 22.0 Å². The van der Waals surface area contributed by atoms with Crippen LogP contribution < -0.4 is 9.94 Å². The highest BCUT2D eigenvalue weighted by Gasteiger charge is 2.27. The predicted octanol–water partition coefficient (Wildman–Crippen LogP) is 2.06. The lowest BCUT2D eigenvalue weighted by atomic mass is 10.2. The zero-order valence-corrected chi connectivity index (χ0v) is 20.0. The van der Waals surface area contributed by atoms with Crippen molar-refractivity contribution in [3.8, 4) is 0 Å². The molecule has 1 aliphatic heterocycles. The minimum absolute atomic E-state index is 0.0327. The van der Waals surface area contributed by atoms with Crippen LogP contribution in [0.5, 0.6) is 0 Å². The molecule has 0 saturated carbocycles. The smallest absolute Gasteiger partial charge is 0.279 e. The molecular weight excluding hydrogens is 484 g/mol. The maximum atomic E-state index is 12.8. The summed E-state index contributed by atoms with van der Waals surface area (Å²) in [6, 6.07) is 10.2. The molecular formula is C21H22N4O5S3. The van der Waals surface area contributed by atoms with Gasteiger partial charge in [0, 0.05) is 25.2 Å². The monoisotopic (exact) mass is 506 g/mol. The second-order valence-electron chi connectivity index (χ2n) is 7.51. The number of nitrogens with zero attached hydrogens (tertiary/aromatic N) is 3. The first-order valence-electron chi connectivity index (χ1n) is 10.1. The predicted molar refractivity (Wildman–Crippen MR) is 126 cm³/mol. The summed E-state index contributed by atoms with van der Waals surface area (Å²) in [4.78, 5) is 17.5. The summed E-state index contributed by atoms with van der Waals surface area (Å²) in [5.41, 5.74) is 0.925. The van der Waals surface area contributed by atoms with Gasteiger partial charge in [-0.05, 0) is 55.3 Å². The van der Waals surface area contributed by atoms with Crippen LogP contribution in [-0.2, 0) is 26.6 Å². The van der Waals surface area contributed by atoms with Crippen molar-refractivity contribution in [3.63, 3.8) is 0 Å². The Balaban J connectivity index is 1.71. The minimum Gasteiger partial charge on any atom is -0.312 e. The number of amides is 1. The second kappa shape index (κ2) is 8.95. The number of allylic oxidation sites excluding steroid dienone is 1. The van der Waals surface area contributed by atoms with Gasteiger partial charge < -0.3 is 4.57 Å². The van der Waals surface area contributed by atoms with Crippen LogP contribution in [0, 0.1) is 0 Å². The lowest BCUT2D eigenvalue weighted by Crippen LogP contribution is -2.27. The van der Waals surface area contributed by atoms with E-state index in [2.05, 4.69) is 11.6 Å². The summed E-state index contributed by atoms with van der Waals surface area (Å²) in [5, 5.41) is 5.22. The molecule has 4 rings (SSSR count). The van der Waals surface area contributed by atoms with Crippen molar-refractivity contribution in [1.82, 2.24) is 8.87 Å². The maximum Gasteiger partial charge on any atom is 0.279 e. The third-order valence-electron chi connectivity index (χ3n) is 5.30. The molecule has 0 aliphatic carbocycles. The van der Waals surface area contributed by atoms with Crippen molar-refractivity contribution in [2.45, 2.75) is 29.2 Å². The van der Waals surface area contributed by atoms with Gasteiger partial charge in [0.15, 0.2) is 4.80 Å². The molecule has 1 fully saturated rings. The Morgan fingerprint density at radius 1 is 1.06 bits per heavy atom. The summed E-state index contributed by atoms with van der Waals surface area (Å²) >= 11 is 1.15. The Bertz CT molecular complexity index is 1510. The number of hydrogen-bond acceptors (Lipinski definition) is 6. The third kappa shape index (κ3) is 4.70. The molecule has 0 unspecified atom stereocenters. The number of thiazole rings is 1. The summed E-state index contributed by atoms with van der Waals surface area (Å²) < 4.78 is 52.5. The molecule has 12 heteroatoms. The lowest BCUT2D eigenvalue weighted by molar-refractivity contribution is 0.0997. The summed E-state index contributed by atoms with van der Waals surface area (Å²) in [6.07, 6.45) is 3.32. The molecule has 9 nitrogen and oxygen atoms in total. The highest BCUT2D eigenvalue weighted by atomic mass is 32.2. The fourth-order valence-electron chi connectivity index (χ4n) is 3.62. The van der Waals surface area contributed by atoms with Crippen molar-refractivity contribution in [3.05, 3.63) is 65.5 Å². The van der Waals surface area contributed by atoms with Crippen LogP contribution in [0.3, 0.4) is 0 Å². The van der Waals surface area contributed by atoms with E-state index in [1.807, 2.05) is 0 Å². The minimum atomic E-state index is -3.87. The van der Waals surface area contributed by atoms with Gasteiger partial charge in [-0.2, -0.15) is 9.30 Å². The van der Waals surface area contributed by atoms with E-state index in [1.54, 1.807) is 16.7 Å². The summed E-state index contributed by atoms with van der Waals surface area (Å²) in [7, 11) is -7.44. The first kappa shape index (κ1) is 23.5. The number of carbonyl (C=O) groups is 1. The van der Waals surface area contributed by atoms with Crippen LogP contribution in [0.4, 0.5) is 0 Å². The number of aromatic nitrogens is 1. The second-order valence-corrected chi connectivity index (χ2v) is 12.0. The normalized spacial score (nSPS) is 15.8. The number of sulfonamides is 2. The summed E-state index contributed by atoms with van der Waals surface area (Å²) in [5.74, 6) is -0.545. The van der Waals surface area contributed by atoms with Crippen molar-refractivity contribution in [2.75, 3.05) is 13.1 Å². The molecule has 2 heterocycles. The molecule has 2 N–H and O–H groups in total. The van der Waals surface area contributed by atoms with Crippen LogP contribution in [-0.4, -0.2) is 44.7 Å². The van der Waals surface area contributed by atoms with Gasteiger partial charge in [0.2, 0.25) is 20.0 Å².